The lowest BCUT2D eigenvalue weighted by atomic mass is 10.1. The third-order valence-corrected chi connectivity index (χ3v) is 2.94. The number of aromatic amines is 1. The van der Waals surface area contributed by atoms with Crippen LogP contribution in [0.1, 0.15) is 10.4 Å². The van der Waals surface area contributed by atoms with Crippen molar-refractivity contribution < 1.29 is 9.90 Å². The third-order valence-electron chi connectivity index (χ3n) is 2.94. The van der Waals surface area contributed by atoms with Crippen LogP contribution in [-0.4, -0.2) is 20.5 Å². The number of carboxylic acids is 1. The lowest BCUT2D eigenvalue weighted by molar-refractivity contribution is 0.0697. The van der Waals surface area contributed by atoms with Crippen LogP contribution in [0.4, 0.5) is 0 Å². The quantitative estimate of drug-likeness (QED) is 0.734. The molecule has 0 aliphatic carbocycles. The van der Waals surface area contributed by atoms with E-state index in [9.17, 15) is 14.7 Å². The molecule has 3 rings (SSSR count). The lowest BCUT2D eigenvalue weighted by Gasteiger charge is -2.02. The summed E-state index contributed by atoms with van der Waals surface area (Å²) in [5, 5.41) is 9.18. The average molecular weight is 254 g/mol. The first-order valence-corrected chi connectivity index (χ1v) is 5.69. The van der Waals surface area contributed by atoms with E-state index >= 15 is 0 Å². The highest BCUT2D eigenvalue weighted by atomic mass is 16.4. The number of fused-ring (bicyclic) bond motifs is 1. The number of rotatable bonds is 2. The maximum Gasteiger partial charge on any atom is 0.336 e. The Kier molecular flexibility index (Phi) is 2.45. The monoisotopic (exact) mass is 254 g/mol. The number of benzene rings is 1. The van der Waals surface area contributed by atoms with Crippen molar-refractivity contribution in [1.82, 2.24) is 9.38 Å². The Morgan fingerprint density at radius 2 is 2.00 bits per heavy atom. The summed E-state index contributed by atoms with van der Waals surface area (Å²) < 4.78 is 1.75. The van der Waals surface area contributed by atoms with Gasteiger partial charge in [-0.25, -0.2) is 4.79 Å². The number of nitrogens with one attached hydrogen (secondary N) is 1. The Balaban J connectivity index is 2.25. The van der Waals surface area contributed by atoms with Crippen molar-refractivity contribution in [2.75, 3.05) is 0 Å². The zero-order valence-corrected chi connectivity index (χ0v) is 9.83. The number of hydrogen-bond donors (Lipinski definition) is 2. The largest absolute Gasteiger partial charge is 0.478 e. The molecule has 0 aliphatic rings. The maximum atomic E-state index is 11.3. The molecular formula is C14H10N2O3. The number of carboxylic acid groups (broad SMARTS) is 1. The van der Waals surface area contributed by atoms with Crippen LogP contribution in [0.25, 0.3) is 16.9 Å². The number of aromatic nitrogens is 2. The van der Waals surface area contributed by atoms with E-state index in [1.807, 2.05) is 0 Å². The number of nitrogens with zero attached hydrogens (tertiary/aromatic N) is 1. The number of aromatic carboxylic acids is 1. The first kappa shape index (κ1) is 11.3. The van der Waals surface area contributed by atoms with Crippen LogP contribution >= 0.6 is 0 Å². The number of pyridine rings is 1. The Bertz CT molecular complexity index is 830. The maximum absolute atomic E-state index is 11.3. The Morgan fingerprint density at radius 1 is 1.21 bits per heavy atom. The molecule has 2 heterocycles. The van der Waals surface area contributed by atoms with E-state index in [1.165, 1.54) is 12.1 Å². The summed E-state index contributed by atoms with van der Waals surface area (Å²) in [4.78, 5) is 25.5. The van der Waals surface area contributed by atoms with E-state index in [-0.39, 0.29) is 11.0 Å². The standard InChI is InChI=1S/C14H10N2O3/c17-9-5-6-16-8-12(15-13(16)7-9)10-3-1-2-4-11(10)14(18)19/h1-8,15H,(H,18,19). The molecule has 5 heteroatoms. The number of H-pyrrole nitrogens is 1. The van der Waals surface area contributed by atoms with E-state index < -0.39 is 5.97 Å². The molecule has 0 unspecified atom stereocenters. The van der Waals surface area contributed by atoms with E-state index in [4.69, 9.17) is 0 Å². The van der Waals surface area contributed by atoms with Gasteiger partial charge in [0, 0.05) is 30.1 Å². The second-order valence-corrected chi connectivity index (χ2v) is 4.17. The van der Waals surface area contributed by atoms with Crippen LogP contribution in [0.2, 0.25) is 0 Å². The van der Waals surface area contributed by atoms with Gasteiger partial charge >= 0.3 is 5.97 Å². The van der Waals surface area contributed by atoms with E-state index in [0.29, 0.717) is 16.9 Å². The second kappa shape index (κ2) is 4.13. The molecule has 0 saturated carbocycles. The number of hydrogen-bond acceptors (Lipinski definition) is 2. The first-order valence-electron chi connectivity index (χ1n) is 5.69. The molecule has 0 spiro atoms. The molecule has 94 valence electrons. The van der Waals surface area contributed by atoms with Crippen LogP contribution in [0.3, 0.4) is 0 Å². The number of carbonyl (C=O) groups is 1. The number of imidazole rings is 1. The first-order chi connectivity index (χ1) is 9.15. The minimum absolute atomic E-state index is 0.0973. The van der Waals surface area contributed by atoms with Crippen molar-refractivity contribution in [3.05, 3.63) is 64.6 Å². The molecule has 0 fully saturated rings. The molecule has 0 amide bonds. The minimum Gasteiger partial charge on any atom is -0.478 e. The van der Waals surface area contributed by atoms with Crippen molar-refractivity contribution >= 4 is 11.6 Å². The highest BCUT2D eigenvalue weighted by molar-refractivity contribution is 5.95. The fraction of sp³-hybridized carbons (Fsp3) is 0. The van der Waals surface area contributed by atoms with E-state index in [0.717, 1.165) is 0 Å². The minimum atomic E-state index is -0.983. The summed E-state index contributed by atoms with van der Waals surface area (Å²) in [7, 11) is 0. The molecule has 0 saturated heterocycles. The van der Waals surface area contributed by atoms with Crippen LogP contribution in [-0.2, 0) is 0 Å². The highest BCUT2D eigenvalue weighted by Gasteiger charge is 2.12. The van der Waals surface area contributed by atoms with Crippen LogP contribution in [0, 0.1) is 0 Å². The van der Waals surface area contributed by atoms with Crippen LogP contribution in [0.15, 0.2) is 53.6 Å². The van der Waals surface area contributed by atoms with Gasteiger partial charge in [-0.15, -0.1) is 0 Å². The van der Waals surface area contributed by atoms with Gasteiger partial charge in [-0.2, -0.15) is 0 Å². The zero-order valence-electron chi connectivity index (χ0n) is 9.83. The topological polar surface area (TPSA) is 74.6 Å². The fourth-order valence-corrected chi connectivity index (χ4v) is 2.06. The molecule has 2 aromatic heterocycles. The van der Waals surface area contributed by atoms with Gasteiger partial charge < -0.3 is 14.5 Å². The lowest BCUT2D eigenvalue weighted by Crippen LogP contribution is -1.99. The molecule has 19 heavy (non-hydrogen) atoms. The molecule has 1 aromatic carbocycles. The summed E-state index contributed by atoms with van der Waals surface area (Å²) in [5.41, 5.74) is 1.99. The van der Waals surface area contributed by atoms with Crippen LogP contribution in [0.5, 0.6) is 0 Å². The fourth-order valence-electron chi connectivity index (χ4n) is 2.06. The summed E-state index contributed by atoms with van der Waals surface area (Å²) in [6.07, 6.45) is 3.40. The van der Waals surface area contributed by atoms with E-state index in [2.05, 4.69) is 4.98 Å². The van der Waals surface area contributed by atoms with Gasteiger partial charge in [0.15, 0.2) is 5.43 Å². The Labute approximate surface area is 107 Å². The SMILES string of the molecule is O=C(O)c1ccccc1-c1cn2ccc(=O)cc2[nH]1. The summed E-state index contributed by atoms with van der Waals surface area (Å²) >= 11 is 0. The Morgan fingerprint density at radius 3 is 2.79 bits per heavy atom. The molecular weight excluding hydrogens is 244 g/mol. The molecule has 0 bridgehead atoms. The van der Waals surface area contributed by atoms with Crippen molar-refractivity contribution in [3.8, 4) is 11.3 Å². The van der Waals surface area contributed by atoms with Gasteiger partial charge in [0.2, 0.25) is 0 Å². The highest BCUT2D eigenvalue weighted by Crippen LogP contribution is 2.22. The molecule has 0 atom stereocenters. The second-order valence-electron chi connectivity index (χ2n) is 4.17. The molecule has 2 N–H and O–H groups in total. The third kappa shape index (κ3) is 1.91. The van der Waals surface area contributed by atoms with Gasteiger partial charge in [-0.1, -0.05) is 18.2 Å². The average Bonchev–Trinajstić information content (AvgIpc) is 2.81. The van der Waals surface area contributed by atoms with Gasteiger partial charge in [0.25, 0.3) is 0 Å². The summed E-state index contributed by atoms with van der Waals surface area (Å²) in [6, 6.07) is 9.65. The summed E-state index contributed by atoms with van der Waals surface area (Å²) in [6.45, 7) is 0. The molecule has 5 nitrogen and oxygen atoms in total. The molecule has 3 aromatic rings. The Hall–Kier alpha value is -2.82. The van der Waals surface area contributed by atoms with Gasteiger partial charge in [-0.05, 0) is 6.07 Å². The predicted molar refractivity (Wildman–Crippen MR) is 70.4 cm³/mol. The van der Waals surface area contributed by atoms with Gasteiger partial charge in [0.1, 0.15) is 5.65 Å². The molecule has 0 radical (unpaired) electrons. The van der Waals surface area contributed by atoms with E-state index in [1.54, 1.807) is 41.1 Å². The summed E-state index contributed by atoms with van der Waals surface area (Å²) in [5.74, 6) is -0.983. The van der Waals surface area contributed by atoms with Crippen molar-refractivity contribution in [2.24, 2.45) is 0 Å². The van der Waals surface area contributed by atoms with Gasteiger partial charge in [-0.3, -0.25) is 4.79 Å². The van der Waals surface area contributed by atoms with Crippen molar-refractivity contribution in [2.45, 2.75) is 0 Å². The molecule has 0 aliphatic heterocycles. The van der Waals surface area contributed by atoms with Crippen LogP contribution < -0.4 is 5.43 Å². The van der Waals surface area contributed by atoms with Crippen molar-refractivity contribution in [3.63, 3.8) is 0 Å². The predicted octanol–water partition coefficient (Wildman–Crippen LogP) is 1.99. The zero-order chi connectivity index (χ0) is 13.4. The van der Waals surface area contributed by atoms with Crippen molar-refractivity contribution in [1.29, 1.82) is 0 Å². The van der Waals surface area contributed by atoms with Gasteiger partial charge in [0.05, 0.1) is 11.3 Å². The smallest absolute Gasteiger partial charge is 0.336 e. The normalized spacial score (nSPS) is 10.7.